The molecule has 0 radical (unpaired) electrons. The van der Waals surface area contributed by atoms with E-state index in [4.69, 9.17) is 4.74 Å². The Kier molecular flexibility index (Phi) is 5.77. The lowest BCUT2D eigenvalue weighted by molar-refractivity contribution is -0.117. The molecule has 3 N–H and O–H groups in total. The summed E-state index contributed by atoms with van der Waals surface area (Å²) in [5.74, 6) is -0.432. The second kappa shape index (κ2) is 7.80. The van der Waals surface area contributed by atoms with E-state index in [1.807, 2.05) is 5.38 Å². The van der Waals surface area contributed by atoms with E-state index < -0.39 is 0 Å². The average molecular weight is 309 g/mol. The van der Waals surface area contributed by atoms with Crippen molar-refractivity contribution in [2.75, 3.05) is 13.2 Å². The number of hydrogen-bond donors (Lipinski definition) is 3. The monoisotopic (exact) mass is 309 g/mol. The van der Waals surface area contributed by atoms with Crippen molar-refractivity contribution in [2.45, 2.75) is 25.9 Å². The number of allylic oxidation sites excluding steroid dienone is 1. The van der Waals surface area contributed by atoms with Crippen molar-refractivity contribution in [3.8, 4) is 0 Å². The molecule has 0 aromatic carbocycles. The summed E-state index contributed by atoms with van der Waals surface area (Å²) in [7, 11) is 0. The van der Waals surface area contributed by atoms with Crippen LogP contribution in [0.1, 0.15) is 29.4 Å². The third-order valence-electron chi connectivity index (χ3n) is 2.99. The quantitative estimate of drug-likeness (QED) is 0.544. The molecule has 1 aliphatic rings. The number of carbonyl (C=O) groups excluding carboxylic acids is 2. The van der Waals surface area contributed by atoms with Gasteiger partial charge in [-0.2, -0.15) is 0 Å². The van der Waals surface area contributed by atoms with Crippen LogP contribution in [-0.4, -0.2) is 31.1 Å². The van der Waals surface area contributed by atoms with Crippen molar-refractivity contribution in [3.63, 3.8) is 0 Å². The summed E-state index contributed by atoms with van der Waals surface area (Å²) < 4.78 is 5.42. The number of amides is 2. The fourth-order valence-electron chi connectivity index (χ4n) is 1.93. The van der Waals surface area contributed by atoms with Gasteiger partial charge in [0.05, 0.1) is 11.0 Å². The number of thiophene rings is 1. The van der Waals surface area contributed by atoms with E-state index in [2.05, 4.69) is 16.2 Å². The molecule has 1 aromatic heterocycles. The highest BCUT2D eigenvalue weighted by molar-refractivity contribution is 7.12. The third kappa shape index (κ3) is 5.20. The maximum atomic E-state index is 11.7. The zero-order valence-corrected chi connectivity index (χ0v) is 12.7. The second-order valence-electron chi connectivity index (χ2n) is 4.76. The van der Waals surface area contributed by atoms with Gasteiger partial charge in [0.15, 0.2) is 0 Å². The van der Waals surface area contributed by atoms with Crippen LogP contribution in [0.3, 0.4) is 0 Å². The number of ether oxygens (including phenoxy) is 1. The predicted octanol–water partition coefficient (Wildman–Crippen LogP) is 1.18. The Morgan fingerprint density at radius 3 is 3.00 bits per heavy atom. The maximum Gasteiger partial charge on any atom is 0.279 e. The fraction of sp³-hybridized carbons (Fsp3) is 0.429. The summed E-state index contributed by atoms with van der Waals surface area (Å²) in [6, 6.07) is 3.54. The zero-order chi connectivity index (χ0) is 15.1. The van der Waals surface area contributed by atoms with Crippen LogP contribution in [0.15, 0.2) is 29.3 Å². The largest absolute Gasteiger partial charge is 0.376 e. The minimum atomic E-state index is -0.225. The molecule has 0 aliphatic carbocycles. The SMILES string of the molecule is CC(=CC(=O)NC[C@H]1CCCO1)NNC(=O)c1cccs1. The molecule has 1 aliphatic heterocycles. The Bertz CT molecular complexity index is 508. The Balaban J connectivity index is 1.70. The van der Waals surface area contributed by atoms with Crippen LogP contribution in [0.2, 0.25) is 0 Å². The van der Waals surface area contributed by atoms with Crippen LogP contribution < -0.4 is 16.2 Å². The molecule has 1 atom stereocenters. The molecule has 0 unspecified atom stereocenters. The Morgan fingerprint density at radius 2 is 2.33 bits per heavy atom. The van der Waals surface area contributed by atoms with Gasteiger partial charge in [0, 0.05) is 24.9 Å². The molecule has 2 rings (SSSR count). The molecule has 1 aromatic rings. The van der Waals surface area contributed by atoms with Crippen molar-refractivity contribution >= 4 is 23.2 Å². The summed E-state index contributed by atoms with van der Waals surface area (Å²) in [6.07, 6.45) is 3.56. The van der Waals surface area contributed by atoms with E-state index in [0.717, 1.165) is 19.4 Å². The van der Waals surface area contributed by atoms with E-state index in [0.29, 0.717) is 17.1 Å². The number of rotatable bonds is 6. The van der Waals surface area contributed by atoms with Gasteiger partial charge in [-0.15, -0.1) is 11.3 Å². The molecule has 6 nitrogen and oxygen atoms in total. The summed E-state index contributed by atoms with van der Waals surface area (Å²) in [4.78, 5) is 24.0. The Morgan fingerprint density at radius 1 is 1.48 bits per heavy atom. The molecule has 2 heterocycles. The van der Waals surface area contributed by atoms with Crippen molar-refractivity contribution in [1.29, 1.82) is 0 Å². The number of nitrogens with one attached hydrogen (secondary N) is 3. The van der Waals surface area contributed by atoms with Crippen LogP contribution in [0.4, 0.5) is 0 Å². The molecule has 1 saturated heterocycles. The number of carbonyl (C=O) groups is 2. The minimum absolute atomic E-state index is 0.120. The lowest BCUT2D eigenvalue weighted by Crippen LogP contribution is -2.37. The van der Waals surface area contributed by atoms with Crippen molar-refractivity contribution < 1.29 is 14.3 Å². The molecule has 0 saturated carbocycles. The first-order valence-corrected chi connectivity index (χ1v) is 7.70. The molecular formula is C14H19N3O3S. The van der Waals surface area contributed by atoms with Gasteiger partial charge in [0.25, 0.3) is 5.91 Å². The van der Waals surface area contributed by atoms with Crippen LogP contribution in [-0.2, 0) is 9.53 Å². The van der Waals surface area contributed by atoms with Gasteiger partial charge in [-0.25, -0.2) is 0 Å². The molecule has 21 heavy (non-hydrogen) atoms. The normalized spacial score (nSPS) is 18.3. The summed E-state index contributed by atoms with van der Waals surface area (Å²) in [5, 5.41) is 4.61. The molecule has 0 bridgehead atoms. The first-order valence-electron chi connectivity index (χ1n) is 6.83. The highest BCUT2D eigenvalue weighted by atomic mass is 32.1. The summed E-state index contributed by atoms with van der Waals surface area (Å²) >= 11 is 1.35. The van der Waals surface area contributed by atoms with E-state index >= 15 is 0 Å². The van der Waals surface area contributed by atoms with Crippen LogP contribution in [0.5, 0.6) is 0 Å². The summed E-state index contributed by atoms with van der Waals surface area (Å²) in [5.41, 5.74) is 5.80. The Hall–Kier alpha value is -1.86. The van der Waals surface area contributed by atoms with Gasteiger partial charge in [-0.3, -0.25) is 15.0 Å². The average Bonchev–Trinajstić information content (AvgIpc) is 3.15. The van der Waals surface area contributed by atoms with Crippen LogP contribution in [0, 0.1) is 0 Å². The predicted molar refractivity (Wildman–Crippen MR) is 80.7 cm³/mol. The van der Waals surface area contributed by atoms with Gasteiger partial charge in [0.1, 0.15) is 0 Å². The lowest BCUT2D eigenvalue weighted by Gasteiger charge is -2.10. The highest BCUT2D eigenvalue weighted by Gasteiger charge is 2.15. The molecule has 2 amide bonds. The first kappa shape index (κ1) is 15.5. The first-order chi connectivity index (χ1) is 10.1. The second-order valence-corrected chi connectivity index (χ2v) is 5.71. The Labute approximate surface area is 127 Å². The number of hydrogen-bond acceptors (Lipinski definition) is 5. The fourth-order valence-corrected chi connectivity index (χ4v) is 2.55. The maximum absolute atomic E-state index is 11.7. The molecule has 7 heteroatoms. The van der Waals surface area contributed by atoms with Crippen molar-refractivity contribution in [1.82, 2.24) is 16.2 Å². The van der Waals surface area contributed by atoms with Gasteiger partial charge in [-0.05, 0) is 31.2 Å². The van der Waals surface area contributed by atoms with Gasteiger partial charge >= 0.3 is 0 Å². The van der Waals surface area contributed by atoms with Crippen LogP contribution in [0.25, 0.3) is 0 Å². The zero-order valence-electron chi connectivity index (χ0n) is 11.8. The smallest absolute Gasteiger partial charge is 0.279 e. The van der Waals surface area contributed by atoms with Gasteiger partial charge in [-0.1, -0.05) is 6.07 Å². The van der Waals surface area contributed by atoms with E-state index in [-0.39, 0.29) is 17.9 Å². The third-order valence-corrected chi connectivity index (χ3v) is 3.86. The molecule has 1 fully saturated rings. The topological polar surface area (TPSA) is 79.5 Å². The summed E-state index contributed by atoms with van der Waals surface area (Å²) in [6.45, 7) is 3.00. The van der Waals surface area contributed by atoms with E-state index in [1.54, 1.807) is 19.1 Å². The standard InChI is InChI=1S/C14H19N3O3S/c1-10(16-17-14(19)12-5-3-7-21-12)8-13(18)15-9-11-4-2-6-20-11/h3,5,7-8,11,16H,2,4,6,9H2,1H3,(H,15,18)(H,17,19)/t11-/m1/s1. The lowest BCUT2D eigenvalue weighted by atomic mass is 10.2. The van der Waals surface area contributed by atoms with E-state index in [1.165, 1.54) is 17.4 Å². The molecule has 0 spiro atoms. The molecule has 114 valence electrons. The van der Waals surface area contributed by atoms with Gasteiger partial charge < -0.3 is 15.5 Å². The van der Waals surface area contributed by atoms with Crippen LogP contribution >= 0.6 is 11.3 Å². The van der Waals surface area contributed by atoms with Crippen molar-refractivity contribution in [3.05, 3.63) is 34.2 Å². The van der Waals surface area contributed by atoms with Gasteiger partial charge in [0.2, 0.25) is 5.91 Å². The number of hydrazine groups is 1. The minimum Gasteiger partial charge on any atom is -0.376 e. The molecular weight excluding hydrogens is 290 g/mol. The van der Waals surface area contributed by atoms with Crippen molar-refractivity contribution in [2.24, 2.45) is 0 Å². The van der Waals surface area contributed by atoms with E-state index in [9.17, 15) is 9.59 Å². The highest BCUT2D eigenvalue weighted by Crippen LogP contribution is 2.10.